The summed E-state index contributed by atoms with van der Waals surface area (Å²) in [7, 11) is 0. The van der Waals surface area contributed by atoms with Gasteiger partial charge in [-0.15, -0.1) is 0 Å². The molecule has 0 saturated heterocycles. The normalized spacial score (nSPS) is 12.9. The molecule has 0 aromatic heterocycles. The Bertz CT molecular complexity index is 1710. The van der Waals surface area contributed by atoms with Gasteiger partial charge in [0.05, 0.1) is 0 Å². The van der Waals surface area contributed by atoms with Crippen LogP contribution in [0, 0.1) is 20.9 Å². The van der Waals surface area contributed by atoms with Crippen LogP contribution >= 0.6 is 0 Å². The molecule has 0 unspecified atom stereocenters. The van der Waals surface area contributed by atoms with Gasteiger partial charge in [0.1, 0.15) is 0 Å². The lowest BCUT2D eigenvalue weighted by atomic mass is 9.88. The molecule has 5 aromatic carbocycles. The summed E-state index contributed by atoms with van der Waals surface area (Å²) < 4.78 is 0. The van der Waals surface area contributed by atoms with Crippen molar-refractivity contribution in [1.82, 2.24) is 0 Å². The van der Waals surface area contributed by atoms with Crippen LogP contribution in [0.4, 0.5) is 0 Å². The summed E-state index contributed by atoms with van der Waals surface area (Å²) in [6.45, 7) is 0. The van der Waals surface area contributed by atoms with E-state index in [9.17, 15) is 0 Å². The third kappa shape index (κ3) is 2.32. The fourth-order valence-electron chi connectivity index (χ4n) is 5.52. The van der Waals surface area contributed by atoms with Crippen LogP contribution in [0.25, 0.3) is 11.1 Å². The largest absolute Gasteiger partial charge is 0.0622 e. The average molecular weight is 405 g/mol. The number of hydrogen-bond acceptors (Lipinski definition) is 0. The lowest BCUT2D eigenvalue weighted by molar-refractivity contribution is 1.42. The quantitative estimate of drug-likeness (QED) is 0.363. The SMILES string of the molecule is c1ccc(C2=c3ccccc3=c3ccc4c(c32)C(c2ccccc2)=c2ccccc2=4)cc1. The molecule has 0 amide bonds. The molecule has 0 heterocycles. The van der Waals surface area contributed by atoms with Crippen molar-refractivity contribution in [3.63, 3.8) is 0 Å². The van der Waals surface area contributed by atoms with Crippen molar-refractivity contribution in [1.29, 1.82) is 0 Å². The van der Waals surface area contributed by atoms with Crippen LogP contribution in [0.15, 0.2) is 121 Å². The van der Waals surface area contributed by atoms with Gasteiger partial charge in [-0.3, -0.25) is 0 Å². The van der Waals surface area contributed by atoms with Crippen LogP contribution in [-0.4, -0.2) is 0 Å². The molecular weight excluding hydrogens is 384 g/mol. The molecule has 0 bridgehead atoms. The van der Waals surface area contributed by atoms with Crippen LogP contribution < -0.4 is 10.4 Å². The van der Waals surface area contributed by atoms with Gasteiger partial charge in [-0.05, 0) is 64.7 Å². The van der Waals surface area contributed by atoms with Gasteiger partial charge in [0, 0.05) is 0 Å². The fourth-order valence-corrected chi connectivity index (χ4v) is 5.52. The molecule has 0 N–H and O–H groups in total. The molecule has 0 saturated carbocycles. The number of hydrogen-bond donors (Lipinski definition) is 0. The van der Waals surface area contributed by atoms with Crippen LogP contribution in [-0.2, 0) is 0 Å². The number of fused-ring (bicyclic) bond motifs is 5. The first-order valence-corrected chi connectivity index (χ1v) is 11.1. The second-order valence-electron chi connectivity index (χ2n) is 8.48. The second-order valence-corrected chi connectivity index (χ2v) is 8.48. The van der Waals surface area contributed by atoms with Gasteiger partial charge in [0.25, 0.3) is 0 Å². The van der Waals surface area contributed by atoms with Gasteiger partial charge in [-0.1, -0.05) is 121 Å². The van der Waals surface area contributed by atoms with E-state index in [0.29, 0.717) is 0 Å². The van der Waals surface area contributed by atoms with Gasteiger partial charge in [-0.25, -0.2) is 0 Å². The Hall–Kier alpha value is -4.16. The molecule has 0 spiro atoms. The number of rotatable bonds is 2. The first-order valence-electron chi connectivity index (χ1n) is 11.1. The molecule has 148 valence electrons. The third-order valence-electron chi connectivity index (χ3n) is 6.80. The average Bonchev–Trinajstić information content (AvgIpc) is 3.38. The van der Waals surface area contributed by atoms with Crippen molar-refractivity contribution in [3.05, 3.63) is 175 Å². The van der Waals surface area contributed by atoms with Crippen molar-refractivity contribution >= 4 is 11.1 Å². The molecule has 32 heavy (non-hydrogen) atoms. The minimum atomic E-state index is 1.27. The summed E-state index contributed by atoms with van der Waals surface area (Å²) in [5.41, 5.74) is 7.96. The Balaban J connectivity index is 1.73. The predicted molar refractivity (Wildman–Crippen MR) is 130 cm³/mol. The highest BCUT2D eigenvalue weighted by molar-refractivity contribution is 5.93. The Morgan fingerprint density at radius 3 is 1.00 bits per heavy atom. The van der Waals surface area contributed by atoms with Gasteiger partial charge in [-0.2, -0.15) is 0 Å². The first kappa shape index (κ1) is 17.5. The first-order chi connectivity index (χ1) is 15.9. The summed E-state index contributed by atoms with van der Waals surface area (Å²) in [4.78, 5) is 0. The highest BCUT2D eigenvalue weighted by Crippen LogP contribution is 2.36. The summed E-state index contributed by atoms with van der Waals surface area (Å²) in [5, 5.41) is 7.97. The third-order valence-corrected chi connectivity index (χ3v) is 6.80. The number of benzene rings is 5. The monoisotopic (exact) mass is 404 g/mol. The molecule has 0 aliphatic heterocycles. The standard InChI is InChI=1S/C32H20/c1-3-11-21(12-4-1)29-25-17-9-7-15-23(25)27-19-20-28-24-16-8-10-18-26(24)30(32(28)31(27)29)22-13-5-2-6-14-22/h1-20H. The van der Waals surface area contributed by atoms with Crippen LogP contribution in [0.3, 0.4) is 0 Å². The van der Waals surface area contributed by atoms with E-state index < -0.39 is 0 Å². The van der Waals surface area contributed by atoms with Crippen molar-refractivity contribution < 1.29 is 0 Å². The van der Waals surface area contributed by atoms with Gasteiger partial charge in [0.2, 0.25) is 0 Å². The van der Waals surface area contributed by atoms with Gasteiger partial charge in [0.15, 0.2) is 0 Å². The Morgan fingerprint density at radius 2 is 0.594 bits per heavy atom. The Labute approximate surface area is 186 Å². The molecule has 5 aromatic rings. The minimum absolute atomic E-state index is 1.27. The highest BCUT2D eigenvalue weighted by Gasteiger charge is 2.24. The summed E-state index contributed by atoms with van der Waals surface area (Å²) in [6.07, 6.45) is 0. The van der Waals surface area contributed by atoms with Gasteiger partial charge < -0.3 is 0 Å². The van der Waals surface area contributed by atoms with E-state index in [0.717, 1.165) is 0 Å². The highest BCUT2D eigenvalue weighted by atomic mass is 14.3. The summed E-state index contributed by atoms with van der Waals surface area (Å²) >= 11 is 0. The smallest absolute Gasteiger partial charge is 0.000763 e. The van der Waals surface area contributed by atoms with E-state index in [1.807, 2.05) is 0 Å². The van der Waals surface area contributed by atoms with Gasteiger partial charge >= 0.3 is 0 Å². The Kier molecular flexibility index (Phi) is 3.65. The summed E-state index contributed by atoms with van der Waals surface area (Å²) in [6, 6.07) is 44.1. The molecule has 2 aliphatic rings. The van der Waals surface area contributed by atoms with Crippen LogP contribution in [0.5, 0.6) is 0 Å². The molecule has 0 fully saturated rings. The zero-order chi connectivity index (χ0) is 21.1. The molecule has 0 heteroatoms. The predicted octanol–water partition coefficient (Wildman–Crippen LogP) is 5.38. The van der Waals surface area contributed by atoms with Crippen LogP contribution in [0.2, 0.25) is 0 Å². The zero-order valence-corrected chi connectivity index (χ0v) is 17.5. The maximum atomic E-state index is 2.33. The van der Waals surface area contributed by atoms with Crippen molar-refractivity contribution in [3.8, 4) is 0 Å². The fraction of sp³-hybridized carbons (Fsp3) is 0. The minimum Gasteiger partial charge on any atom is -0.0622 e. The molecule has 7 rings (SSSR count). The molecule has 0 atom stereocenters. The zero-order valence-electron chi connectivity index (χ0n) is 17.5. The Morgan fingerprint density at radius 1 is 0.250 bits per heavy atom. The van der Waals surface area contributed by atoms with E-state index in [1.165, 1.54) is 64.7 Å². The molecule has 0 nitrogen and oxygen atoms in total. The van der Waals surface area contributed by atoms with E-state index in [2.05, 4.69) is 121 Å². The maximum Gasteiger partial charge on any atom is -0.000763 e. The van der Waals surface area contributed by atoms with E-state index in [4.69, 9.17) is 0 Å². The van der Waals surface area contributed by atoms with E-state index in [1.54, 1.807) is 0 Å². The van der Waals surface area contributed by atoms with Crippen molar-refractivity contribution in [2.45, 2.75) is 0 Å². The second kappa shape index (κ2) is 6.67. The van der Waals surface area contributed by atoms with Crippen molar-refractivity contribution in [2.75, 3.05) is 0 Å². The van der Waals surface area contributed by atoms with Crippen LogP contribution in [0.1, 0.15) is 22.3 Å². The van der Waals surface area contributed by atoms with E-state index in [-0.39, 0.29) is 0 Å². The summed E-state index contributed by atoms with van der Waals surface area (Å²) in [5.74, 6) is 0. The lowest BCUT2D eigenvalue weighted by Gasteiger charge is -2.14. The molecule has 2 aliphatic carbocycles. The van der Waals surface area contributed by atoms with E-state index >= 15 is 0 Å². The topological polar surface area (TPSA) is 0 Å². The lowest BCUT2D eigenvalue weighted by Crippen LogP contribution is -2.09. The molecule has 0 radical (unpaired) electrons. The molecular formula is C32H20. The van der Waals surface area contributed by atoms with Crippen molar-refractivity contribution in [2.24, 2.45) is 0 Å². The maximum absolute atomic E-state index is 2.33.